The van der Waals surface area contributed by atoms with Crippen LogP contribution in [0.3, 0.4) is 0 Å². The molecule has 26 heavy (non-hydrogen) atoms. The molecule has 1 aliphatic heterocycles. The summed E-state index contributed by atoms with van der Waals surface area (Å²) in [6.07, 6.45) is -0.179. The Bertz CT molecular complexity index is 940. The van der Waals surface area contributed by atoms with Crippen LogP contribution in [0.1, 0.15) is 27.1 Å². The van der Waals surface area contributed by atoms with Crippen molar-refractivity contribution in [3.05, 3.63) is 63.7 Å². The molecule has 0 saturated heterocycles. The van der Waals surface area contributed by atoms with Crippen molar-refractivity contribution in [3.63, 3.8) is 0 Å². The van der Waals surface area contributed by atoms with Crippen LogP contribution in [0.4, 0.5) is 11.4 Å². The summed E-state index contributed by atoms with van der Waals surface area (Å²) >= 11 is 0. The molecule has 2 N–H and O–H groups in total. The molecule has 0 unspecified atom stereocenters. The summed E-state index contributed by atoms with van der Waals surface area (Å²) in [6, 6.07) is 9.59. The molecular formula is C17H13N3O6. The lowest BCUT2D eigenvalue weighted by Crippen LogP contribution is -2.32. The molecule has 132 valence electrons. The highest BCUT2D eigenvalue weighted by atomic mass is 16.6. The molecule has 2 aromatic carbocycles. The second-order valence-corrected chi connectivity index (χ2v) is 5.56. The average molecular weight is 355 g/mol. The predicted molar refractivity (Wildman–Crippen MR) is 89.8 cm³/mol. The number of nitro benzene ring substituents is 1. The minimum Gasteiger partial charge on any atom is -0.506 e. The lowest BCUT2D eigenvalue weighted by atomic mass is 10.1. The lowest BCUT2D eigenvalue weighted by molar-refractivity contribution is -0.384. The summed E-state index contributed by atoms with van der Waals surface area (Å²) in [4.78, 5) is 47.6. The number of rotatable bonds is 5. The second kappa shape index (κ2) is 6.63. The van der Waals surface area contributed by atoms with Crippen molar-refractivity contribution in [1.82, 2.24) is 4.90 Å². The molecule has 3 amide bonds. The smallest absolute Gasteiger partial charge is 0.270 e. The summed E-state index contributed by atoms with van der Waals surface area (Å²) in [6.45, 7) is -0.181. The maximum absolute atomic E-state index is 12.3. The van der Waals surface area contributed by atoms with Gasteiger partial charge in [-0.3, -0.25) is 29.4 Å². The van der Waals surface area contributed by atoms with E-state index in [1.54, 1.807) is 12.1 Å². The molecule has 0 bridgehead atoms. The van der Waals surface area contributed by atoms with E-state index in [9.17, 15) is 29.6 Å². The fourth-order valence-corrected chi connectivity index (χ4v) is 2.60. The van der Waals surface area contributed by atoms with Gasteiger partial charge >= 0.3 is 0 Å². The Labute approximate surface area is 147 Å². The van der Waals surface area contributed by atoms with Crippen LogP contribution in [0.5, 0.6) is 5.75 Å². The molecule has 9 heteroatoms. The van der Waals surface area contributed by atoms with E-state index in [0.717, 1.165) is 17.0 Å². The van der Waals surface area contributed by atoms with Gasteiger partial charge in [-0.25, -0.2) is 0 Å². The van der Waals surface area contributed by atoms with Crippen LogP contribution in [0.25, 0.3) is 0 Å². The standard InChI is InChI=1S/C17H13N3O6/c21-14-4-2-1-3-13(14)18-15(22)7-8-19-16(23)11-6-5-10(20(25)26)9-12(11)17(19)24/h1-6,9,21H,7-8H2,(H,18,22). The highest BCUT2D eigenvalue weighted by Crippen LogP contribution is 2.27. The summed E-state index contributed by atoms with van der Waals surface area (Å²) in [7, 11) is 0. The molecular weight excluding hydrogens is 342 g/mol. The van der Waals surface area contributed by atoms with Crippen LogP contribution in [0, 0.1) is 10.1 Å². The van der Waals surface area contributed by atoms with Gasteiger partial charge in [0.25, 0.3) is 17.5 Å². The number of carbonyl (C=O) groups excluding carboxylic acids is 3. The first kappa shape index (κ1) is 17.1. The number of aromatic hydroxyl groups is 1. The Hall–Kier alpha value is -3.75. The third-order valence-electron chi connectivity index (χ3n) is 3.91. The number of non-ortho nitro benzene ring substituents is 1. The Morgan fingerprint density at radius 1 is 1.12 bits per heavy atom. The number of carbonyl (C=O) groups is 3. The first-order valence-electron chi connectivity index (χ1n) is 7.61. The minimum atomic E-state index is -0.677. The summed E-state index contributed by atoms with van der Waals surface area (Å²) in [5.41, 5.74) is -0.0495. The van der Waals surface area contributed by atoms with E-state index in [1.165, 1.54) is 18.2 Å². The van der Waals surface area contributed by atoms with Crippen LogP contribution in [-0.2, 0) is 4.79 Å². The van der Waals surface area contributed by atoms with E-state index in [4.69, 9.17) is 0 Å². The molecule has 0 saturated carbocycles. The van der Waals surface area contributed by atoms with Crippen molar-refractivity contribution in [1.29, 1.82) is 0 Å². The third-order valence-corrected chi connectivity index (χ3v) is 3.91. The quantitative estimate of drug-likeness (QED) is 0.365. The molecule has 0 radical (unpaired) electrons. The van der Waals surface area contributed by atoms with Gasteiger partial charge in [-0.1, -0.05) is 12.1 Å². The number of benzene rings is 2. The topological polar surface area (TPSA) is 130 Å². The van der Waals surface area contributed by atoms with Gasteiger partial charge in [0.1, 0.15) is 5.75 Å². The Morgan fingerprint density at radius 3 is 2.50 bits per heavy atom. The normalized spacial score (nSPS) is 12.8. The first-order chi connectivity index (χ1) is 12.4. The van der Waals surface area contributed by atoms with E-state index in [1.807, 2.05) is 0 Å². The molecule has 0 spiro atoms. The van der Waals surface area contributed by atoms with E-state index < -0.39 is 22.6 Å². The van der Waals surface area contributed by atoms with Gasteiger partial charge < -0.3 is 10.4 Å². The largest absolute Gasteiger partial charge is 0.506 e. The third kappa shape index (κ3) is 3.09. The molecule has 0 fully saturated rings. The van der Waals surface area contributed by atoms with E-state index in [2.05, 4.69) is 5.32 Å². The van der Waals surface area contributed by atoms with Crippen molar-refractivity contribution in [3.8, 4) is 5.75 Å². The molecule has 0 aliphatic carbocycles. The predicted octanol–water partition coefficient (Wildman–Crippen LogP) is 1.93. The number of nitro groups is 1. The Morgan fingerprint density at radius 2 is 1.81 bits per heavy atom. The number of anilines is 1. The lowest BCUT2D eigenvalue weighted by Gasteiger charge is -2.13. The van der Waals surface area contributed by atoms with Gasteiger partial charge in [-0.2, -0.15) is 0 Å². The Balaban J connectivity index is 1.68. The van der Waals surface area contributed by atoms with Gasteiger partial charge in [0, 0.05) is 25.1 Å². The molecule has 3 rings (SSSR count). The molecule has 1 aliphatic rings. The van der Waals surface area contributed by atoms with Gasteiger partial charge in [0.15, 0.2) is 0 Å². The van der Waals surface area contributed by atoms with Crippen molar-refractivity contribution < 1.29 is 24.4 Å². The number of phenols is 1. The van der Waals surface area contributed by atoms with Gasteiger partial charge in [0.05, 0.1) is 21.7 Å². The molecule has 2 aromatic rings. The molecule has 1 heterocycles. The van der Waals surface area contributed by atoms with Crippen molar-refractivity contribution in [2.45, 2.75) is 6.42 Å². The Kier molecular flexibility index (Phi) is 4.36. The maximum Gasteiger partial charge on any atom is 0.270 e. The number of hydrogen-bond acceptors (Lipinski definition) is 6. The fraction of sp³-hybridized carbons (Fsp3) is 0.118. The molecule has 0 aromatic heterocycles. The fourth-order valence-electron chi connectivity index (χ4n) is 2.60. The van der Waals surface area contributed by atoms with Gasteiger partial charge in [0.2, 0.25) is 5.91 Å². The second-order valence-electron chi connectivity index (χ2n) is 5.56. The SMILES string of the molecule is O=C(CCN1C(=O)c2ccc([N+](=O)[O-])cc2C1=O)Nc1ccccc1O. The van der Waals surface area contributed by atoms with Crippen LogP contribution in [0.2, 0.25) is 0 Å². The van der Waals surface area contributed by atoms with Crippen LogP contribution >= 0.6 is 0 Å². The summed E-state index contributed by atoms with van der Waals surface area (Å²) in [5, 5.41) is 22.9. The molecule has 0 atom stereocenters. The number of fused-ring (bicyclic) bond motifs is 1. The zero-order valence-electron chi connectivity index (χ0n) is 13.3. The number of nitrogens with one attached hydrogen (secondary N) is 1. The monoisotopic (exact) mass is 355 g/mol. The number of imide groups is 1. The number of hydrogen-bond donors (Lipinski definition) is 2. The number of amides is 3. The number of nitrogens with zero attached hydrogens (tertiary/aromatic N) is 2. The van der Waals surface area contributed by atoms with Crippen LogP contribution in [-0.4, -0.2) is 39.2 Å². The minimum absolute atomic E-state index is 0.0506. The number of para-hydroxylation sites is 2. The maximum atomic E-state index is 12.3. The van der Waals surface area contributed by atoms with E-state index >= 15 is 0 Å². The number of phenolic OH excluding ortho intramolecular Hbond substituents is 1. The van der Waals surface area contributed by atoms with Crippen LogP contribution in [0.15, 0.2) is 42.5 Å². The van der Waals surface area contributed by atoms with Gasteiger partial charge in [-0.05, 0) is 18.2 Å². The first-order valence-corrected chi connectivity index (χ1v) is 7.61. The summed E-state index contributed by atoms with van der Waals surface area (Å²) in [5.74, 6) is -1.87. The van der Waals surface area contributed by atoms with Crippen molar-refractivity contribution in [2.24, 2.45) is 0 Å². The van der Waals surface area contributed by atoms with E-state index in [-0.39, 0.29) is 41.2 Å². The summed E-state index contributed by atoms with van der Waals surface area (Å²) < 4.78 is 0. The highest BCUT2D eigenvalue weighted by Gasteiger charge is 2.36. The van der Waals surface area contributed by atoms with Gasteiger partial charge in [-0.15, -0.1) is 0 Å². The van der Waals surface area contributed by atoms with E-state index in [0.29, 0.717) is 0 Å². The van der Waals surface area contributed by atoms with Crippen molar-refractivity contribution in [2.75, 3.05) is 11.9 Å². The van der Waals surface area contributed by atoms with Crippen LogP contribution < -0.4 is 5.32 Å². The average Bonchev–Trinajstić information content (AvgIpc) is 2.85. The highest BCUT2D eigenvalue weighted by molar-refractivity contribution is 6.21. The zero-order valence-corrected chi connectivity index (χ0v) is 13.3. The zero-order chi connectivity index (χ0) is 18.8. The molecule has 9 nitrogen and oxygen atoms in total. The van der Waals surface area contributed by atoms with Crippen molar-refractivity contribution >= 4 is 29.1 Å².